The van der Waals surface area contributed by atoms with E-state index in [-0.39, 0.29) is 0 Å². The van der Waals surface area contributed by atoms with Gasteiger partial charge in [-0.2, -0.15) is 0 Å². The van der Waals surface area contributed by atoms with Crippen LogP contribution in [-0.2, 0) is 6.54 Å². The molecule has 2 atom stereocenters. The highest BCUT2D eigenvalue weighted by Gasteiger charge is 2.33. The van der Waals surface area contributed by atoms with Crippen LogP contribution in [0.4, 0.5) is 5.13 Å². The molecule has 0 aromatic carbocycles. The van der Waals surface area contributed by atoms with Crippen LogP contribution >= 0.6 is 11.3 Å². The molecule has 2 fully saturated rings. The lowest BCUT2D eigenvalue weighted by atomic mass is 10.0. The van der Waals surface area contributed by atoms with Gasteiger partial charge in [0.05, 0.1) is 5.69 Å². The van der Waals surface area contributed by atoms with E-state index >= 15 is 0 Å². The standard InChI is InChI=1S/C16H27N3S/c1-10(2)17-7-14-15(13-5-6-13)18-16(20-14)19-8-11(3)12(4)9-19/h10-13,17H,5-9H2,1-4H3. The maximum absolute atomic E-state index is 5.01. The van der Waals surface area contributed by atoms with Crippen molar-refractivity contribution in [3.8, 4) is 0 Å². The van der Waals surface area contributed by atoms with Crippen LogP contribution in [0.2, 0.25) is 0 Å². The van der Waals surface area contributed by atoms with Gasteiger partial charge in [0.25, 0.3) is 0 Å². The van der Waals surface area contributed by atoms with Crippen molar-refractivity contribution in [1.29, 1.82) is 0 Å². The molecule has 112 valence electrons. The third kappa shape index (κ3) is 3.01. The molecule has 0 bridgehead atoms. The summed E-state index contributed by atoms with van der Waals surface area (Å²) in [6.45, 7) is 12.5. The van der Waals surface area contributed by atoms with Crippen LogP contribution in [0.1, 0.15) is 57.0 Å². The van der Waals surface area contributed by atoms with Gasteiger partial charge in [-0.25, -0.2) is 4.98 Å². The lowest BCUT2D eigenvalue weighted by molar-refractivity contribution is 0.494. The topological polar surface area (TPSA) is 28.2 Å². The smallest absolute Gasteiger partial charge is 0.185 e. The van der Waals surface area contributed by atoms with Gasteiger partial charge >= 0.3 is 0 Å². The molecule has 1 aliphatic carbocycles. The molecule has 4 heteroatoms. The number of nitrogens with one attached hydrogen (secondary N) is 1. The summed E-state index contributed by atoms with van der Waals surface area (Å²) in [6.07, 6.45) is 2.68. The first-order chi connectivity index (χ1) is 9.54. The van der Waals surface area contributed by atoms with Gasteiger partial charge in [0.15, 0.2) is 5.13 Å². The second-order valence-corrected chi connectivity index (χ2v) is 8.04. The molecule has 2 heterocycles. The Balaban J connectivity index is 1.76. The number of hydrogen-bond acceptors (Lipinski definition) is 4. The van der Waals surface area contributed by atoms with Crippen molar-refractivity contribution in [2.45, 2.75) is 59.0 Å². The van der Waals surface area contributed by atoms with E-state index in [2.05, 4.69) is 37.9 Å². The predicted molar refractivity (Wildman–Crippen MR) is 86.6 cm³/mol. The van der Waals surface area contributed by atoms with Crippen molar-refractivity contribution in [1.82, 2.24) is 10.3 Å². The van der Waals surface area contributed by atoms with Crippen molar-refractivity contribution in [2.75, 3.05) is 18.0 Å². The summed E-state index contributed by atoms with van der Waals surface area (Å²) in [4.78, 5) is 8.99. The largest absolute Gasteiger partial charge is 0.348 e. The second kappa shape index (κ2) is 5.64. The first-order valence-electron chi connectivity index (χ1n) is 8.02. The van der Waals surface area contributed by atoms with Crippen LogP contribution in [-0.4, -0.2) is 24.1 Å². The van der Waals surface area contributed by atoms with Gasteiger partial charge in [-0.15, -0.1) is 11.3 Å². The van der Waals surface area contributed by atoms with E-state index in [1.807, 2.05) is 11.3 Å². The van der Waals surface area contributed by atoms with Crippen molar-refractivity contribution in [3.05, 3.63) is 10.6 Å². The van der Waals surface area contributed by atoms with Crippen LogP contribution in [0, 0.1) is 11.8 Å². The number of thiazole rings is 1. The minimum atomic E-state index is 0.541. The van der Waals surface area contributed by atoms with E-state index in [1.165, 1.54) is 41.6 Å². The summed E-state index contributed by atoms with van der Waals surface area (Å²) < 4.78 is 0. The number of rotatable bonds is 5. The molecule has 2 aliphatic rings. The molecule has 0 amide bonds. The molecule has 1 aromatic heterocycles. The first-order valence-corrected chi connectivity index (χ1v) is 8.84. The normalized spacial score (nSPS) is 26.8. The van der Waals surface area contributed by atoms with Crippen LogP contribution in [0.3, 0.4) is 0 Å². The molecule has 20 heavy (non-hydrogen) atoms. The van der Waals surface area contributed by atoms with Gasteiger partial charge in [-0.1, -0.05) is 27.7 Å². The lowest BCUT2D eigenvalue weighted by Gasteiger charge is -2.13. The Morgan fingerprint density at radius 3 is 2.45 bits per heavy atom. The second-order valence-electron chi connectivity index (χ2n) is 6.97. The average Bonchev–Trinajstić information content (AvgIpc) is 3.06. The Kier molecular flexibility index (Phi) is 4.04. The fourth-order valence-electron chi connectivity index (χ4n) is 2.87. The van der Waals surface area contributed by atoms with Gasteiger partial charge in [0.2, 0.25) is 0 Å². The van der Waals surface area contributed by atoms with E-state index in [4.69, 9.17) is 4.98 Å². The highest BCUT2D eigenvalue weighted by Crippen LogP contribution is 2.44. The van der Waals surface area contributed by atoms with E-state index in [0.29, 0.717) is 6.04 Å². The monoisotopic (exact) mass is 293 g/mol. The lowest BCUT2D eigenvalue weighted by Crippen LogP contribution is -2.21. The molecule has 1 saturated heterocycles. The maximum Gasteiger partial charge on any atom is 0.185 e. The van der Waals surface area contributed by atoms with Crippen LogP contribution in [0.25, 0.3) is 0 Å². The summed E-state index contributed by atoms with van der Waals surface area (Å²) in [7, 11) is 0. The molecular formula is C16H27N3S. The van der Waals surface area contributed by atoms with E-state index in [0.717, 1.165) is 24.3 Å². The van der Waals surface area contributed by atoms with E-state index in [1.54, 1.807) is 0 Å². The molecule has 0 spiro atoms. The molecule has 0 radical (unpaired) electrons. The fraction of sp³-hybridized carbons (Fsp3) is 0.812. The first kappa shape index (κ1) is 14.3. The van der Waals surface area contributed by atoms with Gasteiger partial charge < -0.3 is 10.2 Å². The summed E-state index contributed by atoms with van der Waals surface area (Å²) in [5.41, 5.74) is 1.39. The van der Waals surface area contributed by atoms with Crippen LogP contribution in [0.15, 0.2) is 0 Å². The Bertz CT molecular complexity index is 454. The maximum atomic E-state index is 5.01. The molecule has 1 aromatic rings. The number of nitrogens with zero attached hydrogens (tertiary/aromatic N) is 2. The Morgan fingerprint density at radius 2 is 1.90 bits per heavy atom. The van der Waals surface area contributed by atoms with E-state index < -0.39 is 0 Å². The Labute approximate surface area is 126 Å². The van der Waals surface area contributed by atoms with Gasteiger partial charge in [-0.05, 0) is 24.7 Å². The molecule has 2 unspecified atom stereocenters. The molecule has 3 rings (SSSR count). The summed E-state index contributed by atoms with van der Waals surface area (Å²) in [6, 6.07) is 0.541. The average molecular weight is 293 g/mol. The highest BCUT2D eigenvalue weighted by molar-refractivity contribution is 7.15. The minimum Gasteiger partial charge on any atom is -0.348 e. The fourth-order valence-corrected chi connectivity index (χ4v) is 3.99. The molecule has 1 N–H and O–H groups in total. The summed E-state index contributed by atoms with van der Waals surface area (Å²) in [5.74, 6) is 2.34. The van der Waals surface area contributed by atoms with Crippen molar-refractivity contribution >= 4 is 16.5 Å². The highest BCUT2D eigenvalue weighted by atomic mass is 32.1. The Hall–Kier alpha value is -0.610. The van der Waals surface area contributed by atoms with Crippen LogP contribution < -0.4 is 10.2 Å². The number of anilines is 1. The third-order valence-electron chi connectivity index (χ3n) is 4.61. The van der Waals surface area contributed by atoms with Gasteiger partial charge in [-0.3, -0.25) is 0 Å². The van der Waals surface area contributed by atoms with Crippen molar-refractivity contribution < 1.29 is 0 Å². The zero-order valence-corrected chi connectivity index (χ0v) is 14.0. The molecular weight excluding hydrogens is 266 g/mol. The molecule has 1 aliphatic heterocycles. The summed E-state index contributed by atoms with van der Waals surface area (Å²) in [5, 5.41) is 4.83. The number of hydrogen-bond donors (Lipinski definition) is 1. The SMILES string of the molecule is CC(C)NCc1sc(N2CC(C)C(C)C2)nc1C1CC1. The minimum absolute atomic E-state index is 0.541. The zero-order valence-electron chi connectivity index (χ0n) is 13.1. The van der Waals surface area contributed by atoms with E-state index in [9.17, 15) is 0 Å². The molecule has 1 saturated carbocycles. The quantitative estimate of drug-likeness (QED) is 0.899. The van der Waals surface area contributed by atoms with Gasteiger partial charge in [0.1, 0.15) is 0 Å². The number of aromatic nitrogens is 1. The molecule has 3 nitrogen and oxygen atoms in total. The van der Waals surface area contributed by atoms with Crippen molar-refractivity contribution in [3.63, 3.8) is 0 Å². The summed E-state index contributed by atoms with van der Waals surface area (Å²) >= 11 is 1.92. The Morgan fingerprint density at radius 1 is 1.25 bits per heavy atom. The zero-order chi connectivity index (χ0) is 14.3. The van der Waals surface area contributed by atoms with Gasteiger partial charge in [0, 0.05) is 36.5 Å². The van der Waals surface area contributed by atoms with Crippen LogP contribution in [0.5, 0.6) is 0 Å². The third-order valence-corrected chi connectivity index (χ3v) is 5.74. The van der Waals surface area contributed by atoms with Crippen molar-refractivity contribution in [2.24, 2.45) is 11.8 Å². The predicted octanol–water partition coefficient (Wildman–Crippen LogP) is 3.61.